The van der Waals surface area contributed by atoms with Crippen LogP contribution < -0.4 is 14.9 Å². The lowest BCUT2D eigenvalue weighted by Gasteiger charge is -2.13. The molecule has 0 spiro atoms. The van der Waals surface area contributed by atoms with Gasteiger partial charge in [0.2, 0.25) is 0 Å². The van der Waals surface area contributed by atoms with Gasteiger partial charge >= 0.3 is 5.97 Å². The Bertz CT molecular complexity index is 1390. The summed E-state index contributed by atoms with van der Waals surface area (Å²) in [6, 6.07) is 12.8. The number of anilines is 2. The van der Waals surface area contributed by atoms with Gasteiger partial charge < -0.3 is 14.9 Å². The molecule has 4 N–H and O–H groups in total. The zero-order chi connectivity index (χ0) is 24.9. The van der Waals surface area contributed by atoms with Crippen molar-refractivity contribution in [1.82, 2.24) is 0 Å². The molecule has 0 amide bonds. The number of non-ortho nitro benzene ring substituents is 1. The number of hydrazone groups is 1. The number of ether oxygens (including phenoxy) is 1. The molecule has 0 heterocycles. The molecular formula is C21H18N4O8S. The summed E-state index contributed by atoms with van der Waals surface area (Å²) in [6.07, 6.45) is 1.28. The molecule has 0 aliphatic heterocycles. The first-order valence-electron chi connectivity index (χ1n) is 9.42. The van der Waals surface area contributed by atoms with E-state index in [0.717, 1.165) is 18.2 Å². The third-order valence-electron chi connectivity index (χ3n) is 4.47. The van der Waals surface area contributed by atoms with Gasteiger partial charge in [-0.25, -0.2) is 13.2 Å². The molecule has 0 bridgehead atoms. The predicted octanol–water partition coefficient (Wildman–Crippen LogP) is 3.25. The molecule has 0 fully saturated rings. The fourth-order valence-corrected chi connectivity index (χ4v) is 4.12. The number of benzene rings is 3. The lowest BCUT2D eigenvalue weighted by molar-refractivity contribution is -0.385. The highest BCUT2D eigenvalue weighted by atomic mass is 32.2. The number of phenolic OH excluding ortho intramolecular Hbond substituents is 1. The summed E-state index contributed by atoms with van der Waals surface area (Å²) in [5, 5.41) is 34.3. The number of rotatable bonds is 9. The lowest BCUT2D eigenvalue weighted by Crippen LogP contribution is -2.17. The number of phenols is 1. The molecule has 0 saturated heterocycles. The first-order chi connectivity index (χ1) is 16.1. The average molecular weight is 486 g/mol. The van der Waals surface area contributed by atoms with Crippen LogP contribution in [0.5, 0.6) is 11.5 Å². The SMILES string of the molecule is COc1ccc(/C=N\Nc2ccc([N+](=O)[O-])cc2S(=O)(=O)Nc2ccccc2C(=O)O)cc1O. The number of nitrogens with zero attached hydrogens (tertiary/aromatic N) is 2. The molecule has 0 radical (unpaired) electrons. The van der Waals surface area contributed by atoms with Gasteiger partial charge in [0, 0.05) is 12.1 Å². The summed E-state index contributed by atoms with van der Waals surface area (Å²) in [5.74, 6) is -1.24. The van der Waals surface area contributed by atoms with Crippen LogP contribution in [0.25, 0.3) is 0 Å². The van der Waals surface area contributed by atoms with Crippen molar-refractivity contribution in [2.75, 3.05) is 17.3 Å². The number of nitro benzene ring substituents is 1. The molecule has 0 aliphatic rings. The zero-order valence-corrected chi connectivity index (χ0v) is 18.3. The second-order valence-electron chi connectivity index (χ2n) is 6.70. The van der Waals surface area contributed by atoms with Crippen molar-refractivity contribution in [3.63, 3.8) is 0 Å². The van der Waals surface area contributed by atoms with E-state index in [1.165, 1.54) is 49.7 Å². The highest BCUT2D eigenvalue weighted by molar-refractivity contribution is 7.93. The molecule has 0 aromatic heterocycles. The molecular weight excluding hydrogens is 468 g/mol. The molecule has 0 unspecified atom stereocenters. The minimum Gasteiger partial charge on any atom is -0.504 e. The van der Waals surface area contributed by atoms with Crippen molar-refractivity contribution < 1.29 is 33.1 Å². The number of para-hydroxylation sites is 1. The van der Waals surface area contributed by atoms with Crippen LogP contribution in [0.2, 0.25) is 0 Å². The van der Waals surface area contributed by atoms with Crippen molar-refractivity contribution >= 4 is 39.3 Å². The quantitative estimate of drug-likeness (QED) is 0.200. The Balaban J connectivity index is 1.96. The smallest absolute Gasteiger partial charge is 0.337 e. The molecule has 3 aromatic rings. The highest BCUT2D eigenvalue weighted by Gasteiger charge is 2.24. The summed E-state index contributed by atoms with van der Waals surface area (Å²) in [6.45, 7) is 0. The number of carboxylic acids is 1. The Hall–Kier alpha value is -4.65. The van der Waals surface area contributed by atoms with Crippen LogP contribution in [-0.4, -0.2) is 42.8 Å². The van der Waals surface area contributed by atoms with Gasteiger partial charge in [-0.3, -0.25) is 20.3 Å². The van der Waals surface area contributed by atoms with E-state index in [0.29, 0.717) is 5.56 Å². The summed E-state index contributed by atoms with van der Waals surface area (Å²) in [4.78, 5) is 21.3. The Labute approximate surface area is 193 Å². The maximum Gasteiger partial charge on any atom is 0.337 e. The fourth-order valence-electron chi connectivity index (χ4n) is 2.86. The van der Waals surface area contributed by atoms with Gasteiger partial charge in [0.1, 0.15) is 4.90 Å². The van der Waals surface area contributed by atoms with Crippen LogP contribution in [0.15, 0.2) is 70.7 Å². The van der Waals surface area contributed by atoms with Crippen molar-refractivity contribution in [2.45, 2.75) is 4.90 Å². The van der Waals surface area contributed by atoms with Crippen molar-refractivity contribution in [1.29, 1.82) is 0 Å². The minimum atomic E-state index is -4.48. The zero-order valence-electron chi connectivity index (χ0n) is 17.5. The third kappa shape index (κ3) is 5.39. The van der Waals surface area contributed by atoms with Gasteiger partial charge in [-0.05, 0) is 42.0 Å². The molecule has 0 saturated carbocycles. The monoisotopic (exact) mass is 486 g/mol. The minimum absolute atomic E-state index is 0.111. The largest absolute Gasteiger partial charge is 0.504 e. The number of methoxy groups -OCH3 is 1. The number of nitrogens with one attached hydrogen (secondary N) is 2. The van der Waals surface area contributed by atoms with E-state index in [-0.39, 0.29) is 28.4 Å². The van der Waals surface area contributed by atoms with E-state index >= 15 is 0 Å². The van der Waals surface area contributed by atoms with E-state index in [9.17, 15) is 33.5 Å². The first-order valence-corrected chi connectivity index (χ1v) is 10.9. The van der Waals surface area contributed by atoms with Crippen molar-refractivity contribution in [2.24, 2.45) is 5.10 Å². The van der Waals surface area contributed by atoms with Crippen molar-refractivity contribution in [3.8, 4) is 11.5 Å². The van der Waals surface area contributed by atoms with E-state index in [1.54, 1.807) is 6.07 Å². The van der Waals surface area contributed by atoms with Crippen LogP contribution in [0, 0.1) is 10.1 Å². The lowest BCUT2D eigenvalue weighted by atomic mass is 10.2. The molecule has 12 nitrogen and oxygen atoms in total. The van der Waals surface area contributed by atoms with Gasteiger partial charge in [0.05, 0.1) is 35.2 Å². The predicted molar refractivity (Wildman–Crippen MR) is 123 cm³/mol. The molecule has 3 aromatic carbocycles. The topological polar surface area (TPSA) is 180 Å². The Kier molecular flexibility index (Phi) is 6.97. The van der Waals surface area contributed by atoms with Gasteiger partial charge in [-0.15, -0.1) is 0 Å². The van der Waals surface area contributed by atoms with E-state index in [2.05, 4.69) is 15.2 Å². The fraction of sp³-hybridized carbons (Fsp3) is 0.0476. The van der Waals surface area contributed by atoms with Crippen LogP contribution in [0.1, 0.15) is 15.9 Å². The average Bonchev–Trinajstić information content (AvgIpc) is 2.79. The number of sulfonamides is 1. The Morgan fingerprint density at radius 3 is 2.50 bits per heavy atom. The number of hydrogen-bond donors (Lipinski definition) is 4. The van der Waals surface area contributed by atoms with Gasteiger partial charge in [-0.1, -0.05) is 12.1 Å². The number of carbonyl (C=O) groups is 1. The number of aromatic hydroxyl groups is 1. The van der Waals surface area contributed by atoms with Gasteiger partial charge in [-0.2, -0.15) is 5.10 Å². The van der Waals surface area contributed by atoms with Crippen LogP contribution in [-0.2, 0) is 10.0 Å². The Morgan fingerprint density at radius 2 is 1.85 bits per heavy atom. The molecule has 0 aliphatic carbocycles. The maximum atomic E-state index is 13.1. The van der Waals surface area contributed by atoms with Gasteiger partial charge in [0.25, 0.3) is 15.7 Å². The normalized spacial score (nSPS) is 11.2. The molecule has 176 valence electrons. The van der Waals surface area contributed by atoms with Crippen LogP contribution >= 0.6 is 0 Å². The second kappa shape index (κ2) is 9.87. The number of hydrogen-bond acceptors (Lipinski definition) is 9. The highest BCUT2D eigenvalue weighted by Crippen LogP contribution is 2.29. The molecule has 34 heavy (non-hydrogen) atoms. The third-order valence-corrected chi connectivity index (χ3v) is 5.87. The summed E-state index contributed by atoms with van der Waals surface area (Å²) in [5.41, 5.74) is 1.82. The number of carboxylic acid groups (broad SMARTS) is 1. The number of nitro groups is 1. The van der Waals surface area contributed by atoms with Gasteiger partial charge in [0.15, 0.2) is 11.5 Å². The number of aromatic carboxylic acids is 1. The standard InChI is InChI=1S/C21H18N4O8S/c1-33-19-9-6-13(10-18(19)26)12-22-23-17-8-7-14(25(29)30)11-20(17)34(31,32)24-16-5-3-2-4-15(16)21(27)28/h2-12,23-24,26H,1H3,(H,27,28)/b22-12-. The summed E-state index contributed by atoms with van der Waals surface area (Å²) < 4.78 is 33.2. The summed E-state index contributed by atoms with van der Waals surface area (Å²) >= 11 is 0. The molecule has 3 rings (SSSR count). The molecule has 0 atom stereocenters. The molecule has 13 heteroatoms. The first kappa shape index (κ1) is 24.0. The van der Waals surface area contributed by atoms with E-state index in [1.807, 2.05) is 0 Å². The van der Waals surface area contributed by atoms with E-state index in [4.69, 9.17) is 4.74 Å². The van der Waals surface area contributed by atoms with Crippen LogP contribution in [0.4, 0.5) is 17.1 Å². The van der Waals surface area contributed by atoms with Crippen molar-refractivity contribution in [3.05, 3.63) is 81.9 Å². The second-order valence-corrected chi connectivity index (χ2v) is 8.35. The van der Waals surface area contributed by atoms with Crippen LogP contribution in [0.3, 0.4) is 0 Å². The summed E-state index contributed by atoms with van der Waals surface area (Å²) in [7, 11) is -3.08. The maximum absolute atomic E-state index is 13.1. The Morgan fingerprint density at radius 1 is 1.12 bits per heavy atom. The van der Waals surface area contributed by atoms with E-state index < -0.39 is 31.5 Å².